The highest BCUT2D eigenvalue weighted by Gasteiger charge is 2.16. The van der Waals surface area contributed by atoms with E-state index in [4.69, 9.17) is 4.74 Å². The number of piperidine rings is 1. The van der Waals surface area contributed by atoms with E-state index in [0.717, 1.165) is 12.2 Å². The second kappa shape index (κ2) is 6.10. The molecule has 1 aliphatic rings. The molecule has 0 aliphatic carbocycles. The third-order valence-electron chi connectivity index (χ3n) is 3.76. The van der Waals surface area contributed by atoms with Gasteiger partial charge < -0.3 is 15.0 Å². The van der Waals surface area contributed by atoms with Gasteiger partial charge in [-0.15, -0.1) is 0 Å². The molecule has 100 valence electrons. The van der Waals surface area contributed by atoms with Crippen molar-refractivity contribution in [3.05, 3.63) is 23.8 Å². The van der Waals surface area contributed by atoms with E-state index in [2.05, 4.69) is 42.4 Å². The first-order valence-corrected chi connectivity index (χ1v) is 6.85. The van der Waals surface area contributed by atoms with Gasteiger partial charge in [-0.2, -0.15) is 0 Å². The van der Waals surface area contributed by atoms with Gasteiger partial charge in [0.05, 0.1) is 7.11 Å². The standard InChI is InChI=1S/C15H24N2O/c1-4-12-5-6-14(11-15(12)18-3)16-13-7-9-17(2)10-8-13/h5-6,11,13,16H,4,7-10H2,1-3H3. The van der Waals surface area contributed by atoms with Crippen LogP contribution in [0, 0.1) is 0 Å². The molecule has 0 unspecified atom stereocenters. The molecule has 2 rings (SSSR count). The van der Waals surface area contributed by atoms with Crippen LogP contribution < -0.4 is 10.1 Å². The number of methoxy groups -OCH3 is 1. The number of rotatable bonds is 4. The molecule has 3 heteroatoms. The Balaban J connectivity index is 2.01. The third kappa shape index (κ3) is 3.16. The molecule has 1 heterocycles. The fraction of sp³-hybridized carbons (Fsp3) is 0.600. The lowest BCUT2D eigenvalue weighted by Gasteiger charge is -2.30. The Hall–Kier alpha value is -1.22. The Bertz CT molecular complexity index is 384. The molecule has 0 spiro atoms. The molecule has 0 aromatic heterocycles. The zero-order chi connectivity index (χ0) is 13.0. The molecule has 1 fully saturated rings. The maximum atomic E-state index is 5.43. The van der Waals surface area contributed by atoms with Crippen LogP contribution in [0.5, 0.6) is 5.75 Å². The van der Waals surface area contributed by atoms with Crippen molar-refractivity contribution in [2.45, 2.75) is 32.2 Å². The fourth-order valence-electron chi connectivity index (χ4n) is 2.52. The molecule has 0 bridgehead atoms. The minimum absolute atomic E-state index is 0.596. The minimum Gasteiger partial charge on any atom is -0.496 e. The van der Waals surface area contributed by atoms with Crippen LogP contribution in [-0.2, 0) is 6.42 Å². The average molecular weight is 248 g/mol. The summed E-state index contributed by atoms with van der Waals surface area (Å²) in [7, 11) is 3.93. The number of ether oxygens (including phenoxy) is 1. The van der Waals surface area contributed by atoms with Gasteiger partial charge in [0.1, 0.15) is 5.75 Å². The second-order valence-electron chi connectivity index (χ2n) is 5.10. The smallest absolute Gasteiger partial charge is 0.124 e. The summed E-state index contributed by atoms with van der Waals surface area (Å²) in [6, 6.07) is 7.05. The van der Waals surface area contributed by atoms with Crippen molar-refractivity contribution in [2.24, 2.45) is 0 Å². The van der Waals surface area contributed by atoms with Crippen molar-refractivity contribution in [2.75, 3.05) is 32.6 Å². The van der Waals surface area contributed by atoms with E-state index in [1.165, 1.54) is 37.2 Å². The molecule has 1 aromatic rings. The summed E-state index contributed by atoms with van der Waals surface area (Å²) in [4.78, 5) is 2.39. The van der Waals surface area contributed by atoms with Gasteiger partial charge in [-0.25, -0.2) is 0 Å². The third-order valence-corrected chi connectivity index (χ3v) is 3.76. The topological polar surface area (TPSA) is 24.5 Å². The molecule has 0 amide bonds. The Kier molecular flexibility index (Phi) is 4.48. The molecule has 1 saturated heterocycles. The first kappa shape index (κ1) is 13.2. The van der Waals surface area contributed by atoms with E-state index < -0.39 is 0 Å². The average Bonchev–Trinajstić information content (AvgIpc) is 2.41. The van der Waals surface area contributed by atoms with Gasteiger partial charge in [-0.05, 0) is 51.0 Å². The van der Waals surface area contributed by atoms with Crippen LogP contribution >= 0.6 is 0 Å². The Morgan fingerprint density at radius 2 is 2.06 bits per heavy atom. The summed E-state index contributed by atoms with van der Waals surface area (Å²) in [5.41, 5.74) is 2.45. The molecule has 3 nitrogen and oxygen atoms in total. The largest absolute Gasteiger partial charge is 0.496 e. The molecule has 0 atom stereocenters. The van der Waals surface area contributed by atoms with Gasteiger partial charge in [-0.1, -0.05) is 13.0 Å². The predicted octanol–water partition coefficient (Wildman–Crippen LogP) is 2.76. The highest BCUT2D eigenvalue weighted by Crippen LogP contribution is 2.25. The number of hydrogen-bond donors (Lipinski definition) is 1. The number of benzene rings is 1. The van der Waals surface area contributed by atoms with E-state index in [9.17, 15) is 0 Å². The SMILES string of the molecule is CCc1ccc(NC2CCN(C)CC2)cc1OC. The number of aryl methyl sites for hydroxylation is 1. The van der Waals surface area contributed by atoms with E-state index >= 15 is 0 Å². The first-order valence-electron chi connectivity index (χ1n) is 6.85. The van der Waals surface area contributed by atoms with Crippen LogP contribution in [0.2, 0.25) is 0 Å². The fourth-order valence-corrected chi connectivity index (χ4v) is 2.52. The zero-order valence-electron chi connectivity index (χ0n) is 11.7. The van der Waals surface area contributed by atoms with Gasteiger partial charge in [-0.3, -0.25) is 0 Å². The molecule has 0 saturated carbocycles. The van der Waals surface area contributed by atoms with Crippen LogP contribution in [0.1, 0.15) is 25.3 Å². The summed E-state index contributed by atoms with van der Waals surface area (Å²) in [6.07, 6.45) is 3.44. The van der Waals surface area contributed by atoms with Crippen LogP contribution in [-0.4, -0.2) is 38.2 Å². The van der Waals surface area contributed by atoms with Gasteiger partial charge >= 0.3 is 0 Å². The van der Waals surface area contributed by atoms with Crippen LogP contribution in [0.4, 0.5) is 5.69 Å². The van der Waals surface area contributed by atoms with Crippen molar-refractivity contribution in [3.8, 4) is 5.75 Å². The minimum atomic E-state index is 0.596. The summed E-state index contributed by atoms with van der Waals surface area (Å²) in [5.74, 6) is 0.996. The highest BCUT2D eigenvalue weighted by molar-refractivity contribution is 5.52. The highest BCUT2D eigenvalue weighted by atomic mass is 16.5. The number of nitrogens with zero attached hydrogens (tertiary/aromatic N) is 1. The molecular weight excluding hydrogens is 224 g/mol. The number of nitrogens with one attached hydrogen (secondary N) is 1. The summed E-state index contributed by atoms with van der Waals surface area (Å²) >= 11 is 0. The zero-order valence-corrected chi connectivity index (χ0v) is 11.7. The molecule has 0 radical (unpaired) electrons. The van der Waals surface area contributed by atoms with Crippen molar-refractivity contribution >= 4 is 5.69 Å². The van der Waals surface area contributed by atoms with Gasteiger partial charge in [0.2, 0.25) is 0 Å². The number of anilines is 1. The van der Waals surface area contributed by atoms with Gasteiger partial charge in [0.25, 0.3) is 0 Å². The molecular formula is C15H24N2O. The summed E-state index contributed by atoms with van der Waals surface area (Å²) in [6.45, 7) is 4.52. The van der Waals surface area contributed by atoms with E-state index in [1.807, 2.05) is 0 Å². The van der Waals surface area contributed by atoms with Crippen LogP contribution in [0.25, 0.3) is 0 Å². The Morgan fingerprint density at radius 3 is 2.67 bits per heavy atom. The lowest BCUT2D eigenvalue weighted by Crippen LogP contribution is -2.36. The summed E-state index contributed by atoms with van der Waals surface area (Å²) in [5, 5.41) is 3.62. The Labute approximate surface area is 110 Å². The quantitative estimate of drug-likeness (QED) is 0.886. The van der Waals surface area contributed by atoms with E-state index in [0.29, 0.717) is 6.04 Å². The van der Waals surface area contributed by atoms with Gasteiger partial charge in [0, 0.05) is 17.8 Å². The monoisotopic (exact) mass is 248 g/mol. The van der Waals surface area contributed by atoms with Crippen molar-refractivity contribution in [3.63, 3.8) is 0 Å². The normalized spacial score (nSPS) is 17.7. The van der Waals surface area contributed by atoms with Crippen molar-refractivity contribution in [1.82, 2.24) is 4.90 Å². The molecule has 1 N–H and O–H groups in total. The predicted molar refractivity (Wildman–Crippen MR) is 76.5 cm³/mol. The molecule has 18 heavy (non-hydrogen) atoms. The first-order chi connectivity index (χ1) is 8.72. The maximum Gasteiger partial charge on any atom is 0.124 e. The molecule has 1 aromatic carbocycles. The Morgan fingerprint density at radius 1 is 1.33 bits per heavy atom. The van der Waals surface area contributed by atoms with Crippen LogP contribution in [0.3, 0.4) is 0 Å². The van der Waals surface area contributed by atoms with E-state index in [-0.39, 0.29) is 0 Å². The van der Waals surface area contributed by atoms with Gasteiger partial charge in [0.15, 0.2) is 0 Å². The van der Waals surface area contributed by atoms with Crippen molar-refractivity contribution in [1.29, 1.82) is 0 Å². The lowest BCUT2D eigenvalue weighted by molar-refractivity contribution is 0.264. The number of hydrogen-bond acceptors (Lipinski definition) is 3. The maximum absolute atomic E-state index is 5.43. The number of likely N-dealkylation sites (tertiary alicyclic amines) is 1. The summed E-state index contributed by atoms with van der Waals surface area (Å²) < 4.78 is 5.43. The van der Waals surface area contributed by atoms with Crippen LogP contribution in [0.15, 0.2) is 18.2 Å². The molecule has 1 aliphatic heterocycles. The lowest BCUT2D eigenvalue weighted by atomic mass is 10.0. The van der Waals surface area contributed by atoms with Crippen molar-refractivity contribution < 1.29 is 4.74 Å². The second-order valence-corrected chi connectivity index (χ2v) is 5.10. The van der Waals surface area contributed by atoms with E-state index in [1.54, 1.807) is 7.11 Å².